The average molecular weight is 287 g/mol. The van der Waals surface area contributed by atoms with Crippen molar-refractivity contribution in [2.24, 2.45) is 5.10 Å². The molecule has 0 saturated heterocycles. The molecule has 1 aliphatic rings. The van der Waals surface area contributed by atoms with E-state index in [1.165, 1.54) is 0 Å². The van der Waals surface area contributed by atoms with Crippen molar-refractivity contribution in [1.82, 2.24) is 5.43 Å². The summed E-state index contributed by atoms with van der Waals surface area (Å²) in [6.07, 6.45) is 0.749. The third-order valence-electron chi connectivity index (χ3n) is 3.49. The van der Waals surface area contributed by atoms with Crippen LogP contribution in [0.15, 0.2) is 47.6 Å². The van der Waals surface area contributed by atoms with Gasteiger partial charge in [0.25, 0.3) is 0 Å². The van der Waals surface area contributed by atoms with Crippen LogP contribution in [-0.4, -0.2) is 10.8 Å². The van der Waals surface area contributed by atoms with Gasteiger partial charge < -0.3 is 10.5 Å². The molecule has 0 bridgehead atoms. The molecule has 0 unspecified atom stereocenters. The minimum Gasteiger partial charge on any atom is -0.507 e. The van der Waals surface area contributed by atoms with E-state index in [2.05, 4.69) is 10.5 Å². The van der Waals surface area contributed by atoms with Crippen LogP contribution in [0.3, 0.4) is 0 Å². The summed E-state index contributed by atoms with van der Waals surface area (Å²) in [5, 5.41) is 15.1. The molecule has 2 N–H and O–H groups in total. The molecule has 0 aromatic heterocycles. The summed E-state index contributed by atoms with van der Waals surface area (Å²) >= 11 is 5.90. The van der Waals surface area contributed by atoms with E-state index in [0.717, 1.165) is 33.8 Å². The minimum absolute atomic E-state index is 0.127. The van der Waals surface area contributed by atoms with E-state index >= 15 is 0 Å². The Kier molecular flexibility index (Phi) is 3.36. The van der Waals surface area contributed by atoms with Gasteiger partial charge >= 0.3 is 0 Å². The van der Waals surface area contributed by atoms with Crippen molar-refractivity contribution >= 4 is 17.3 Å². The Morgan fingerprint density at radius 1 is 1.20 bits per heavy atom. The maximum Gasteiger partial charge on any atom is 0.124 e. The number of halogens is 1. The lowest BCUT2D eigenvalue weighted by Gasteiger charge is -2.10. The normalized spacial score (nSPS) is 17.7. The van der Waals surface area contributed by atoms with E-state index in [1.807, 2.05) is 43.3 Å². The van der Waals surface area contributed by atoms with Gasteiger partial charge in [0.15, 0.2) is 0 Å². The van der Waals surface area contributed by atoms with Crippen LogP contribution in [-0.2, 0) is 0 Å². The lowest BCUT2D eigenvalue weighted by molar-refractivity contribution is 0.474. The molecule has 1 heterocycles. The van der Waals surface area contributed by atoms with Crippen LogP contribution in [0.25, 0.3) is 0 Å². The molecular weight excluding hydrogens is 272 g/mol. The summed E-state index contributed by atoms with van der Waals surface area (Å²) in [6, 6.07) is 13.4. The summed E-state index contributed by atoms with van der Waals surface area (Å²) < 4.78 is 0. The largest absolute Gasteiger partial charge is 0.507 e. The zero-order chi connectivity index (χ0) is 14.1. The van der Waals surface area contributed by atoms with Crippen LogP contribution in [0, 0.1) is 6.92 Å². The fourth-order valence-electron chi connectivity index (χ4n) is 2.38. The SMILES string of the molecule is Cc1ccc(O)c(C2=NN[C@@H](c3ccc(Cl)cc3)C2)c1. The summed E-state index contributed by atoms with van der Waals surface area (Å²) in [5.41, 5.74) is 7.05. The van der Waals surface area contributed by atoms with E-state index < -0.39 is 0 Å². The van der Waals surface area contributed by atoms with Crippen molar-refractivity contribution in [3.05, 3.63) is 64.2 Å². The Balaban J connectivity index is 1.82. The number of benzene rings is 2. The Morgan fingerprint density at radius 3 is 2.70 bits per heavy atom. The summed E-state index contributed by atoms with van der Waals surface area (Å²) in [4.78, 5) is 0. The molecule has 3 nitrogen and oxygen atoms in total. The van der Waals surface area contributed by atoms with Crippen LogP contribution >= 0.6 is 11.6 Å². The van der Waals surface area contributed by atoms with Gasteiger partial charge in [-0.2, -0.15) is 5.10 Å². The van der Waals surface area contributed by atoms with Crippen LogP contribution in [0.5, 0.6) is 5.75 Å². The number of hydrogen-bond donors (Lipinski definition) is 2. The smallest absolute Gasteiger partial charge is 0.124 e. The maximum atomic E-state index is 9.96. The predicted molar refractivity (Wildman–Crippen MR) is 81.3 cm³/mol. The van der Waals surface area contributed by atoms with E-state index in [1.54, 1.807) is 6.07 Å². The summed E-state index contributed by atoms with van der Waals surface area (Å²) in [6.45, 7) is 2.00. The number of rotatable bonds is 2. The van der Waals surface area contributed by atoms with Crippen molar-refractivity contribution in [3.8, 4) is 5.75 Å². The van der Waals surface area contributed by atoms with Crippen molar-refractivity contribution in [2.45, 2.75) is 19.4 Å². The predicted octanol–water partition coefficient (Wildman–Crippen LogP) is 3.79. The standard InChI is InChI=1S/C16H15ClN2O/c1-10-2-7-16(20)13(8-10)15-9-14(18-19-15)11-3-5-12(17)6-4-11/h2-8,14,18,20H,9H2,1H3/t14-/m1/s1. The first-order chi connectivity index (χ1) is 9.63. The molecule has 102 valence electrons. The number of aromatic hydroxyl groups is 1. The maximum absolute atomic E-state index is 9.96. The lowest BCUT2D eigenvalue weighted by Crippen LogP contribution is -2.09. The van der Waals surface area contributed by atoms with E-state index in [9.17, 15) is 5.11 Å². The van der Waals surface area contributed by atoms with Crippen LogP contribution in [0.4, 0.5) is 0 Å². The number of hydrogen-bond acceptors (Lipinski definition) is 3. The second-order valence-corrected chi connectivity index (χ2v) is 5.45. The molecule has 0 amide bonds. The Hall–Kier alpha value is -2.00. The highest BCUT2D eigenvalue weighted by molar-refractivity contribution is 6.30. The zero-order valence-corrected chi connectivity index (χ0v) is 11.9. The highest BCUT2D eigenvalue weighted by Gasteiger charge is 2.22. The van der Waals surface area contributed by atoms with Crippen molar-refractivity contribution in [2.75, 3.05) is 0 Å². The number of hydrazone groups is 1. The molecule has 1 aliphatic heterocycles. The molecule has 20 heavy (non-hydrogen) atoms. The Bertz CT molecular complexity index is 665. The van der Waals surface area contributed by atoms with Crippen LogP contribution in [0.2, 0.25) is 5.02 Å². The second kappa shape index (κ2) is 5.17. The van der Waals surface area contributed by atoms with Crippen molar-refractivity contribution in [3.63, 3.8) is 0 Å². The molecular formula is C16H15ClN2O. The molecule has 2 aromatic carbocycles. The third kappa shape index (κ3) is 2.49. The first kappa shape index (κ1) is 13.0. The number of phenols is 1. The molecule has 3 rings (SSSR count). The fourth-order valence-corrected chi connectivity index (χ4v) is 2.51. The van der Waals surface area contributed by atoms with Gasteiger partial charge in [-0.15, -0.1) is 0 Å². The molecule has 0 radical (unpaired) electrons. The van der Waals surface area contributed by atoms with Gasteiger partial charge in [0.05, 0.1) is 11.8 Å². The summed E-state index contributed by atoms with van der Waals surface area (Å²) in [5.74, 6) is 0.271. The number of nitrogens with zero attached hydrogens (tertiary/aromatic N) is 1. The van der Waals surface area contributed by atoms with Crippen molar-refractivity contribution < 1.29 is 5.11 Å². The van der Waals surface area contributed by atoms with E-state index in [-0.39, 0.29) is 11.8 Å². The molecule has 0 saturated carbocycles. The number of aryl methyl sites for hydroxylation is 1. The minimum atomic E-state index is 0.127. The van der Waals surface area contributed by atoms with Gasteiger partial charge in [0, 0.05) is 17.0 Å². The fraction of sp³-hybridized carbons (Fsp3) is 0.188. The Morgan fingerprint density at radius 2 is 1.95 bits per heavy atom. The first-order valence-corrected chi connectivity index (χ1v) is 6.89. The van der Waals surface area contributed by atoms with Gasteiger partial charge in [-0.05, 0) is 36.8 Å². The first-order valence-electron chi connectivity index (χ1n) is 6.51. The quantitative estimate of drug-likeness (QED) is 0.882. The third-order valence-corrected chi connectivity index (χ3v) is 3.74. The molecule has 0 fully saturated rings. The molecule has 2 aromatic rings. The van der Waals surface area contributed by atoms with Gasteiger partial charge in [0.2, 0.25) is 0 Å². The molecule has 0 aliphatic carbocycles. The highest BCUT2D eigenvalue weighted by Crippen LogP contribution is 2.29. The molecule has 1 atom stereocenters. The van der Waals surface area contributed by atoms with Gasteiger partial charge in [-0.3, -0.25) is 0 Å². The lowest BCUT2D eigenvalue weighted by atomic mass is 9.98. The van der Waals surface area contributed by atoms with Gasteiger partial charge in [-0.25, -0.2) is 0 Å². The number of phenolic OH excluding ortho intramolecular Hbond substituents is 1. The average Bonchev–Trinajstić information content (AvgIpc) is 2.92. The second-order valence-electron chi connectivity index (χ2n) is 5.02. The van der Waals surface area contributed by atoms with Crippen LogP contribution < -0.4 is 5.43 Å². The van der Waals surface area contributed by atoms with E-state index in [4.69, 9.17) is 11.6 Å². The van der Waals surface area contributed by atoms with Crippen molar-refractivity contribution in [1.29, 1.82) is 0 Å². The molecule has 4 heteroatoms. The Labute approximate surface area is 122 Å². The topological polar surface area (TPSA) is 44.6 Å². The van der Waals surface area contributed by atoms with Crippen LogP contribution in [0.1, 0.15) is 29.2 Å². The number of nitrogens with one attached hydrogen (secondary N) is 1. The molecule has 0 spiro atoms. The van der Waals surface area contributed by atoms with Gasteiger partial charge in [0.1, 0.15) is 5.75 Å². The monoisotopic (exact) mass is 286 g/mol. The summed E-state index contributed by atoms with van der Waals surface area (Å²) in [7, 11) is 0. The zero-order valence-electron chi connectivity index (χ0n) is 11.1. The van der Waals surface area contributed by atoms with Gasteiger partial charge in [-0.1, -0.05) is 35.4 Å². The highest BCUT2D eigenvalue weighted by atomic mass is 35.5. The van der Waals surface area contributed by atoms with E-state index in [0.29, 0.717) is 0 Å².